The summed E-state index contributed by atoms with van der Waals surface area (Å²) in [6.45, 7) is 7.05. The number of hydrogen-bond donors (Lipinski definition) is 4. The van der Waals surface area contributed by atoms with Crippen LogP contribution in [-0.4, -0.2) is 21.6 Å². The molecule has 5 rings (SSSR count). The van der Waals surface area contributed by atoms with Gasteiger partial charge in [-0.3, -0.25) is 4.98 Å². The van der Waals surface area contributed by atoms with Crippen LogP contribution in [0, 0.1) is 6.92 Å². The molecule has 1 aliphatic rings. The van der Waals surface area contributed by atoms with Crippen LogP contribution in [0.2, 0.25) is 0 Å². The maximum atomic E-state index is 10.0. The summed E-state index contributed by atoms with van der Waals surface area (Å²) >= 11 is 0. The van der Waals surface area contributed by atoms with Gasteiger partial charge in [0.1, 0.15) is 0 Å². The normalized spacial score (nSPS) is 16.1. The van der Waals surface area contributed by atoms with E-state index in [0.29, 0.717) is 5.92 Å². The fourth-order valence-corrected chi connectivity index (χ4v) is 5.03. The van der Waals surface area contributed by atoms with Crippen molar-refractivity contribution in [2.45, 2.75) is 52.1 Å². The molecule has 2 aromatic carbocycles. The number of pyridine rings is 1. The number of hydrogen-bond acceptors (Lipinski definition) is 4. The predicted molar refractivity (Wildman–Crippen MR) is 137 cm³/mol. The molecule has 2 atom stereocenters. The second-order valence-corrected chi connectivity index (χ2v) is 9.25. The lowest BCUT2D eigenvalue weighted by Gasteiger charge is -2.14. The van der Waals surface area contributed by atoms with Crippen molar-refractivity contribution in [1.29, 1.82) is 0 Å². The van der Waals surface area contributed by atoms with Crippen molar-refractivity contribution in [2.24, 2.45) is 0 Å². The van der Waals surface area contributed by atoms with Crippen molar-refractivity contribution in [1.82, 2.24) is 9.97 Å². The van der Waals surface area contributed by atoms with Gasteiger partial charge in [0.2, 0.25) is 0 Å². The van der Waals surface area contributed by atoms with Gasteiger partial charge in [-0.15, -0.1) is 0 Å². The number of benzene rings is 2. The van der Waals surface area contributed by atoms with Crippen molar-refractivity contribution in [3.05, 3.63) is 82.8 Å². The smallest absolute Gasteiger partial charge is 0.0782 e. The van der Waals surface area contributed by atoms with Crippen molar-refractivity contribution in [2.75, 3.05) is 17.2 Å². The molecule has 2 aromatic heterocycles. The van der Waals surface area contributed by atoms with Gasteiger partial charge in [0.25, 0.3) is 0 Å². The van der Waals surface area contributed by atoms with Gasteiger partial charge in [0.15, 0.2) is 0 Å². The topological polar surface area (TPSA) is 73.0 Å². The van der Waals surface area contributed by atoms with Crippen LogP contribution < -0.4 is 10.6 Å². The van der Waals surface area contributed by atoms with Crippen LogP contribution in [0.25, 0.3) is 10.9 Å². The maximum absolute atomic E-state index is 10.0. The van der Waals surface area contributed by atoms with E-state index in [-0.39, 0.29) is 0 Å². The molecule has 2 heterocycles. The molecular formula is C28H32N4O. The third-order valence-electron chi connectivity index (χ3n) is 6.88. The second-order valence-electron chi connectivity index (χ2n) is 9.25. The van der Waals surface area contributed by atoms with E-state index < -0.39 is 6.10 Å². The third kappa shape index (κ3) is 4.21. The molecule has 0 spiro atoms. The van der Waals surface area contributed by atoms with Gasteiger partial charge in [-0.1, -0.05) is 25.1 Å². The van der Waals surface area contributed by atoms with Crippen LogP contribution in [0.15, 0.2) is 54.9 Å². The molecule has 0 bridgehead atoms. The van der Waals surface area contributed by atoms with Crippen LogP contribution in [0.5, 0.6) is 0 Å². The highest BCUT2D eigenvalue weighted by Gasteiger charge is 2.22. The molecular weight excluding hydrogens is 408 g/mol. The van der Waals surface area contributed by atoms with Crippen molar-refractivity contribution in [3.8, 4) is 0 Å². The SMILES string of the molecule is Cc1cc(Nc2ccnc3c2CCC3C)ccc1NCCc1c[nH]c2c(C(C)O)cccc12. The first kappa shape index (κ1) is 21.5. The molecule has 0 saturated heterocycles. The molecule has 0 amide bonds. The number of para-hydroxylation sites is 1. The van der Waals surface area contributed by atoms with Gasteiger partial charge in [0, 0.05) is 52.6 Å². The van der Waals surface area contributed by atoms with Gasteiger partial charge in [-0.25, -0.2) is 0 Å². The highest BCUT2D eigenvalue weighted by Crippen LogP contribution is 2.36. The number of aromatic amines is 1. The monoisotopic (exact) mass is 440 g/mol. The van der Waals surface area contributed by atoms with E-state index >= 15 is 0 Å². The van der Waals surface area contributed by atoms with E-state index in [1.54, 1.807) is 6.92 Å². The summed E-state index contributed by atoms with van der Waals surface area (Å²) in [5.74, 6) is 0.547. The van der Waals surface area contributed by atoms with E-state index in [9.17, 15) is 5.11 Å². The molecule has 0 fully saturated rings. The molecule has 2 unspecified atom stereocenters. The van der Waals surface area contributed by atoms with E-state index in [4.69, 9.17) is 0 Å². The predicted octanol–water partition coefficient (Wildman–Crippen LogP) is 6.37. The largest absolute Gasteiger partial charge is 0.389 e. The second kappa shape index (κ2) is 8.91. The fourth-order valence-electron chi connectivity index (χ4n) is 5.03. The highest BCUT2D eigenvalue weighted by molar-refractivity contribution is 5.86. The molecule has 5 heteroatoms. The van der Waals surface area contributed by atoms with Crippen LogP contribution in [0.3, 0.4) is 0 Å². The molecule has 0 radical (unpaired) electrons. The van der Waals surface area contributed by atoms with Crippen LogP contribution in [0.4, 0.5) is 17.1 Å². The number of nitrogens with zero attached hydrogens (tertiary/aromatic N) is 1. The first-order chi connectivity index (χ1) is 16.0. The van der Waals surface area contributed by atoms with Gasteiger partial charge < -0.3 is 20.7 Å². The summed E-state index contributed by atoms with van der Waals surface area (Å²) in [6.07, 6.45) is 6.68. The molecule has 0 aliphatic heterocycles. The first-order valence-electron chi connectivity index (χ1n) is 11.9. The molecule has 0 saturated carbocycles. The van der Waals surface area contributed by atoms with Crippen LogP contribution in [0.1, 0.15) is 60.2 Å². The standard InChI is InChI=1S/C28H32N4O/c1-17-7-9-24-26(12-14-30-27(17)24)32-21-8-10-25(18(2)15-21)29-13-11-20-16-31-28-22(19(3)33)5-4-6-23(20)28/h4-6,8,10,12,14-17,19,29,31,33H,7,9,11,13H2,1-3H3,(H,30,32). The lowest BCUT2D eigenvalue weighted by Crippen LogP contribution is -2.06. The fraction of sp³-hybridized carbons (Fsp3) is 0.321. The Bertz CT molecular complexity index is 1290. The van der Waals surface area contributed by atoms with Crippen LogP contribution in [-0.2, 0) is 12.8 Å². The first-order valence-corrected chi connectivity index (χ1v) is 11.9. The summed E-state index contributed by atoms with van der Waals surface area (Å²) in [5, 5.41) is 18.4. The number of nitrogens with one attached hydrogen (secondary N) is 3. The molecule has 170 valence electrons. The average Bonchev–Trinajstić information content (AvgIpc) is 3.39. The minimum absolute atomic E-state index is 0.482. The number of aryl methyl sites for hydroxylation is 1. The number of anilines is 3. The quantitative estimate of drug-likeness (QED) is 0.269. The zero-order chi connectivity index (χ0) is 22.9. The highest BCUT2D eigenvalue weighted by atomic mass is 16.3. The van der Waals surface area contributed by atoms with Crippen molar-refractivity contribution >= 4 is 28.0 Å². The van der Waals surface area contributed by atoms with E-state index in [0.717, 1.165) is 41.8 Å². The molecule has 4 N–H and O–H groups in total. The minimum Gasteiger partial charge on any atom is -0.389 e. The van der Waals surface area contributed by atoms with E-state index in [1.165, 1.54) is 39.9 Å². The minimum atomic E-state index is -0.482. The maximum Gasteiger partial charge on any atom is 0.0782 e. The number of aliphatic hydroxyl groups is 1. The lowest BCUT2D eigenvalue weighted by atomic mass is 10.0. The summed E-state index contributed by atoms with van der Waals surface area (Å²) in [7, 11) is 0. The summed E-state index contributed by atoms with van der Waals surface area (Å²) in [5.41, 5.74) is 10.5. The van der Waals surface area contributed by atoms with Gasteiger partial charge in [-0.05, 0) is 80.0 Å². The van der Waals surface area contributed by atoms with Crippen molar-refractivity contribution in [3.63, 3.8) is 0 Å². The zero-order valence-electron chi connectivity index (χ0n) is 19.6. The molecule has 5 nitrogen and oxygen atoms in total. The van der Waals surface area contributed by atoms with E-state index in [2.05, 4.69) is 71.0 Å². The number of aromatic nitrogens is 2. The van der Waals surface area contributed by atoms with E-state index in [1.807, 2.05) is 18.3 Å². The Labute approximate surface area is 195 Å². The Morgan fingerprint density at radius 2 is 2.06 bits per heavy atom. The number of H-pyrrole nitrogens is 1. The summed E-state index contributed by atoms with van der Waals surface area (Å²) in [4.78, 5) is 7.95. The molecule has 33 heavy (non-hydrogen) atoms. The number of rotatable bonds is 7. The van der Waals surface area contributed by atoms with Gasteiger partial charge >= 0.3 is 0 Å². The summed E-state index contributed by atoms with van der Waals surface area (Å²) in [6, 6.07) is 14.7. The Hall–Kier alpha value is -3.31. The van der Waals surface area contributed by atoms with Crippen LogP contribution >= 0.6 is 0 Å². The van der Waals surface area contributed by atoms with Crippen molar-refractivity contribution < 1.29 is 5.11 Å². The van der Waals surface area contributed by atoms with Gasteiger partial charge in [0.05, 0.1) is 11.6 Å². The number of aliphatic hydroxyl groups excluding tert-OH is 1. The Kier molecular flexibility index (Phi) is 5.81. The Balaban J connectivity index is 1.25. The molecule has 1 aliphatic carbocycles. The Morgan fingerprint density at radius 3 is 2.88 bits per heavy atom. The Morgan fingerprint density at radius 1 is 1.18 bits per heavy atom. The van der Waals surface area contributed by atoms with Gasteiger partial charge in [-0.2, -0.15) is 0 Å². The molecule has 4 aromatic rings. The average molecular weight is 441 g/mol. The zero-order valence-corrected chi connectivity index (χ0v) is 19.6. The third-order valence-corrected chi connectivity index (χ3v) is 6.88. The lowest BCUT2D eigenvalue weighted by molar-refractivity contribution is 0.200. The number of fused-ring (bicyclic) bond motifs is 2. The summed E-state index contributed by atoms with van der Waals surface area (Å²) < 4.78 is 0.